The molecule has 1 aromatic carbocycles. The van der Waals surface area contributed by atoms with Crippen LogP contribution < -0.4 is 10.6 Å². The van der Waals surface area contributed by atoms with Crippen LogP contribution in [0.5, 0.6) is 0 Å². The number of rotatable bonds is 6. The second kappa shape index (κ2) is 7.37. The van der Waals surface area contributed by atoms with Gasteiger partial charge in [-0.2, -0.15) is 0 Å². The van der Waals surface area contributed by atoms with Crippen LogP contribution in [-0.4, -0.2) is 42.1 Å². The Hall–Kier alpha value is -2.18. The van der Waals surface area contributed by atoms with Crippen LogP contribution in [0.4, 0.5) is 4.79 Å². The highest BCUT2D eigenvalue weighted by molar-refractivity contribution is 6.06. The summed E-state index contributed by atoms with van der Waals surface area (Å²) in [7, 11) is 0. The van der Waals surface area contributed by atoms with Gasteiger partial charge in [0.25, 0.3) is 5.91 Å². The van der Waals surface area contributed by atoms with Crippen molar-refractivity contribution in [2.24, 2.45) is 0 Å². The van der Waals surface area contributed by atoms with Gasteiger partial charge in [0.1, 0.15) is 5.54 Å². The van der Waals surface area contributed by atoms with E-state index in [1.54, 1.807) is 13.8 Å². The molecule has 0 aliphatic carbocycles. The van der Waals surface area contributed by atoms with Gasteiger partial charge in [-0.05, 0) is 37.0 Å². The van der Waals surface area contributed by atoms with Gasteiger partial charge in [0.2, 0.25) is 0 Å². The minimum atomic E-state index is -0.821. The predicted octanol–water partition coefficient (Wildman–Crippen LogP) is 1.95. The number of benzene rings is 1. The fraction of sp³-hybridized carbons (Fsp3) is 0.474. The summed E-state index contributed by atoms with van der Waals surface area (Å²) in [6.07, 6.45) is 3.23. The molecule has 0 unspecified atom stereocenters. The first-order valence-electron chi connectivity index (χ1n) is 8.64. The number of hydrogen-bond donors (Lipinski definition) is 2. The van der Waals surface area contributed by atoms with Crippen molar-refractivity contribution in [3.8, 4) is 0 Å². The molecular formula is C19H25N3O3. The molecule has 2 aliphatic rings. The molecule has 3 rings (SSSR count). The molecule has 0 spiro atoms. The third kappa shape index (κ3) is 4.27. The molecule has 2 heterocycles. The van der Waals surface area contributed by atoms with Crippen LogP contribution >= 0.6 is 0 Å². The molecule has 1 saturated heterocycles. The Bertz CT molecular complexity index is 680. The first-order chi connectivity index (χ1) is 12.0. The molecule has 0 aromatic heterocycles. The first kappa shape index (κ1) is 17.6. The molecule has 25 heavy (non-hydrogen) atoms. The van der Waals surface area contributed by atoms with Gasteiger partial charge in [0, 0.05) is 13.1 Å². The Balaban J connectivity index is 1.51. The molecule has 134 valence electrons. The number of imide groups is 1. The maximum Gasteiger partial charge on any atom is 0.325 e. The van der Waals surface area contributed by atoms with Crippen LogP contribution in [0.15, 0.2) is 35.9 Å². The molecule has 2 aliphatic heterocycles. The number of carbonyl (C=O) groups is 2. The average Bonchev–Trinajstić information content (AvgIpc) is 2.79. The van der Waals surface area contributed by atoms with E-state index in [9.17, 15) is 9.59 Å². The summed E-state index contributed by atoms with van der Waals surface area (Å²) in [5.41, 5.74) is 2.58. The highest BCUT2D eigenvalue weighted by Crippen LogP contribution is 2.19. The van der Waals surface area contributed by atoms with E-state index in [4.69, 9.17) is 4.74 Å². The molecule has 6 heteroatoms. The van der Waals surface area contributed by atoms with Crippen molar-refractivity contribution in [1.29, 1.82) is 0 Å². The number of nitrogens with zero attached hydrogens (tertiary/aromatic N) is 1. The van der Waals surface area contributed by atoms with Crippen LogP contribution in [0, 0.1) is 0 Å². The van der Waals surface area contributed by atoms with E-state index in [1.165, 1.54) is 16.0 Å². The van der Waals surface area contributed by atoms with E-state index in [0.29, 0.717) is 13.2 Å². The second-order valence-electron chi connectivity index (χ2n) is 7.07. The fourth-order valence-electron chi connectivity index (χ4n) is 3.01. The average molecular weight is 343 g/mol. The van der Waals surface area contributed by atoms with E-state index in [1.807, 2.05) is 24.3 Å². The maximum absolute atomic E-state index is 12.2. The largest absolute Gasteiger partial charge is 0.377 e. The molecule has 1 fully saturated rings. The van der Waals surface area contributed by atoms with Crippen molar-refractivity contribution in [1.82, 2.24) is 15.5 Å². The van der Waals surface area contributed by atoms with Gasteiger partial charge in [-0.25, -0.2) is 4.79 Å². The lowest BCUT2D eigenvalue weighted by molar-refractivity contribution is -0.130. The number of amides is 3. The van der Waals surface area contributed by atoms with Gasteiger partial charge in [-0.3, -0.25) is 9.69 Å². The van der Waals surface area contributed by atoms with Gasteiger partial charge >= 0.3 is 6.03 Å². The predicted molar refractivity (Wildman–Crippen MR) is 94.8 cm³/mol. The second-order valence-corrected chi connectivity index (χ2v) is 7.07. The van der Waals surface area contributed by atoms with Gasteiger partial charge in [-0.1, -0.05) is 30.3 Å². The van der Waals surface area contributed by atoms with E-state index in [-0.39, 0.29) is 11.9 Å². The first-order valence-corrected chi connectivity index (χ1v) is 8.64. The van der Waals surface area contributed by atoms with Crippen LogP contribution in [-0.2, 0) is 22.6 Å². The maximum atomic E-state index is 12.2. The Morgan fingerprint density at radius 3 is 2.48 bits per heavy atom. The molecule has 3 amide bonds. The minimum absolute atomic E-state index is 0.189. The summed E-state index contributed by atoms with van der Waals surface area (Å²) < 4.78 is 5.42. The molecule has 0 atom stereocenters. The van der Waals surface area contributed by atoms with Crippen molar-refractivity contribution >= 4 is 11.9 Å². The fourth-order valence-corrected chi connectivity index (χ4v) is 3.01. The molecule has 0 saturated carbocycles. The number of nitrogens with one attached hydrogen (secondary N) is 2. The third-order valence-electron chi connectivity index (χ3n) is 4.47. The Morgan fingerprint density at radius 2 is 1.88 bits per heavy atom. The number of hydrogen-bond acceptors (Lipinski definition) is 4. The van der Waals surface area contributed by atoms with Crippen molar-refractivity contribution < 1.29 is 14.3 Å². The van der Waals surface area contributed by atoms with Crippen molar-refractivity contribution in [3.63, 3.8) is 0 Å². The lowest BCUT2D eigenvalue weighted by atomic mass is 10.1. The standard InChI is InChI=1S/C19H25N3O3/c1-19(2)17(23)22(18(24)21-19)12-15-7-5-14(6-8-15)10-20-11-16-4-3-9-25-13-16/h4-8,20H,3,9-13H2,1-2H3,(H,21,24). The number of carbonyl (C=O) groups excluding carboxylic acids is 2. The van der Waals surface area contributed by atoms with Crippen LogP contribution in [0.3, 0.4) is 0 Å². The normalized spacial score (nSPS) is 19.8. The van der Waals surface area contributed by atoms with Crippen LogP contribution in [0.2, 0.25) is 0 Å². The van der Waals surface area contributed by atoms with Crippen molar-refractivity contribution in [2.45, 2.75) is 38.9 Å². The molecule has 1 aromatic rings. The highest BCUT2D eigenvalue weighted by Gasteiger charge is 2.43. The summed E-state index contributed by atoms with van der Waals surface area (Å²) in [4.78, 5) is 25.4. The van der Waals surface area contributed by atoms with E-state index in [0.717, 1.165) is 31.7 Å². The van der Waals surface area contributed by atoms with Crippen LogP contribution in [0.1, 0.15) is 31.4 Å². The van der Waals surface area contributed by atoms with E-state index < -0.39 is 5.54 Å². The van der Waals surface area contributed by atoms with Crippen molar-refractivity contribution in [2.75, 3.05) is 19.8 Å². The zero-order valence-corrected chi connectivity index (χ0v) is 14.8. The third-order valence-corrected chi connectivity index (χ3v) is 4.47. The van der Waals surface area contributed by atoms with E-state index in [2.05, 4.69) is 16.7 Å². The molecule has 0 bridgehead atoms. The van der Waals surface area contributed by atoms with Gasteiger partial charge in [-0.15, -0.1) is 0 Å². The summed E-state index contributed by atoms with van der Waals surface area (Å²) >= 11 is 0. The zero-order valence-electron chi connectivity index (χ0n) is 14.8. The smallest absolute Gasteiger partial charge is 0.325 e. The van der Waals surface area contributed by atoms with E-state index >= 15 is 0 Å². The minimum Gasteiger partial charge on any atom is -0.377 e. The van der Waals surface area contributed by atoms with Gasteiger partial charge < -0.3 is 15.4 Å². The Morgan fingerprint density at radius 1 is 1.16 bits per heavy atom. The summed E-state index contributed by atoms with van der Waals surface area (Å²) in [6.45, 7) is 6.87. The number of urea groups is 1. The van der Waals surface area contributed by atoms with Gasteiger partial charge in [0.05, 0.1) is 19.8 Å². The monoisotopic (exact) mass is 343 g/mol. The molecule has 0 radical (unpaired) electrons. The summed E-state index contributed by atoms with van der Waals surface area (Å²) in [6, 6.07) is 7.65. The number of ether oxygens (including phenoxy) is 1. The molecular weight excluding hydrogens is 318 g/mol. The topological polar surface area (TPSA) is 70.7 Å². The molecule has 2 N–H and O–H groups in total. The van der Waals surface area contributed by atoms with Gasteiger partial charge in [0.15, 0.2) is 0 Å². The zero-order chi connectivity index (χ0) is 17.9. The Kier molecular flexibility index (Phi) is 5.20. The lowest BCUT2D eigenvalue weighted by Gasteiger charge is -2.16. The lowest BCUT2D eigenvalue weighted by Crippen LogP contribution is -2.40. The van der Waals surface area contributed by atoms with Crippen LogP contribution in [0.25, 0.3) is 0 Å². The highest BCUT2D eigenvalue weighted by atomic mass is 16.5. The summed E-state index contributed by atoms with van der Waals surface area (Å²) in [5.74, 6) is -0.189. The quantitative estimate of drug-likeness (QED) is 0.612. The Labute approximate surface area is 148 Å². The molecule has 6 nitrogen and oxygen atoms in total. The SMILES string of the molecule is CC1(C)NC(=O)N(Cc2ccc(CNCC3=CCCOC3)cc2)C1=O. The summed E-state index contributed by atoms with van der Waals surface area (Å²) in [5, 5.41) is 6.11. The van der Waals surface area contributed by atoms with Crippen molar-refractivity contribution in [3.05, 3.63) is 47.0 Å².